The highest BCUT2D eigenvalue weighted by Crippen LogP contribution is 2.17. The van der Waals surface area contributed by atoms with Crippen molar-refractivity contribution in [1.29, 1.82) is 0 Å². The first-order valence-electron chi connectivity index (χ1n) is 4.72. The van der Waals surface area contributed by atoms with Gasteiger partial charge in [-0.25, -0.2) is 0 Å². The Bertz CT molecular complexity index is 114. The summed E-state index contributed by atoms with van der Waals surface area (Å²) < 4.78 is 0. The maximum atomic E-state index is 3.85. The van der Waals surface area contributed by atoms with Crippen LogP contribution in [0.4, 0.5) is 0 Å². The molecule has 0 aromatic heterocycles. The second kappa shape index (κ2) is 4.55. The topological polar surface area (TPSA) is 12.0 Å². The van der Waals surface area contributed by atoms with E-state index < -0.39 is 0 Å². The third-order valence-corrected chi connectivity index (χ3v) is 2.61. The molecule has 0 bridgehead atoms. The standard InChI is InChI=1S/C10H19N/c1-3-9(4-2)8-10-6-5-7-11-10/h3,9-11H,1,4-8H2,2H3. The van der Waals surface area contributed by atoms with Gasteiger partial charge in [-0.2, -0.15) is 0 Å². The molecule has 0 saturated carbocycles. The second-order valence-electron chi connectivity index (χ2n) is 3.43. The molecule has 1 saturated heterocycles. The molecule has 0 spiro atoms. The molecular weight excluding hydrogens is 134 g/mol. The molecule has 2 unspecified atom stereocenters. The van der Waals surface area contributed by atoms with Gasteiger partial charge in [0.15, 0.2) is 0 Å². The first-order valence-corrected chi connectivity index (χ1v) is 4.72. The van der Waals surface area contributed by atoms with Gasteiger partial charge in [0.1, 0.15) is 0 Å². The van der Waals surface area contributed by atoms with Gasteiger partial charge in [0.2, 0.25) is 0 Å². The van der Waals surface area contributed by atoms with E-state index in [4.69, 9.17) is 0 Å². The normalized spacial score (nSPS) is 26.8. The Labute approximate surface area is 69.9 Å². The van der Waals surface area contributed by atoms with Gasteiger partial charge in [0.25, 0.3) is 0 Å². The molecular formula is C10H19N. The molecule has 0 aliphatic carbocycles. The minimum Gasteiger partial charge on any atom is -0.314 e. The molecule has 1 rings (SSSR count). The Morgan fingerprint density at radius 1 is 1.73 bits per heavy atom. The van der Waals surface area contributed by atoms with Gasteiger partial charge in [-0.3, -0.25) is 0 Å². The summed E-state index contributed by atoms with van der Waals surface area (Å²) in [6, 6.07) is 0.776. The highest BCUT2D eigenvalue weighted by Gasteiger charge is 2.16. The van der Waals surface area contributed by atoms with E-state index in [1.54, 1.807) is 0 Å². The van der Waals surface area contributed by atoms with Crippen LogP contribution in [0, 0.1) is 5.92 Å². The fraction of sp³-hybridized carbons (Fsp3) is 0.800. The summed E-state index contributed by atoms with van der Waals surface area (Å²) in [4.78, 5) is 0. The largest absolute Gasteiger partial charge is 0.314 e. The van der Waals surface area contributed by atoms with E-state index in [0.717, 1.165) is 12.0 Å². The lowest BCUT2D eigenvalue weighted by Gasteiger charge is -2.15. The van der Waals surface area contributed by atoms with Crippen LogP contribution in [-0.2, 0) is 0 Å². The zero-order valence-electron chi connectivity index (χ0n) is 7.47. The molecule has 0 aromatic rings. The average Bonchev–Trinajstić information content (AvgIpc) is 2.52. The predicted molar refractivity (Wildman–Crippen MR) is 49.6 cm³/mol. The number of hydrogen-bond donors (Lipinski definition) is 1. The summed E-state index contributed by atoms with van der Waals surface area (Å²) in [6.45, 7) is 7.30. The van der Waals surface area contributed by atoms with Crippen molar-refractivity contribution in [3.8, 4) is 0 Å². The molecule has 1 heterocycles. The quantitative estimate of drug-likeness (QED) is 0.611. The molecule has 2 atom stereocenters. The summed E-state index contributed by atoms with van der Waals surface area (Å²) >= 11 is 0. The van der Waals surface area contributed by atoms with Crippen LogP contribution >= 0.6 is 0 Å². The monoisotopic (exact) mass is 153 g/mol. The maximum absolute atomic E-state index is 3.85. The number of nitrogens with one attached hydrogen (secondary N) is 1. The van der Waals surface area contributed by atoms with E-state index in [2.05, 4.69) is 24.9 Å². The fourth-order valence-electron chi connectivity index (χ4n) is 1.75. The SMILES string of the molecule is C=CC(CC)CC1CCCN1. The average molecular weight is 153 g/mol. The Balaban J connectivity index is 2.21. The minimum absolute atomic E-state index is 0.727. The van der Waals surface area contributed by atoms with E-state index in [0.29, 0.717) is 0 Å². The Morgan fingerprint density at radius 3 is 3.00 bits per heavy atom. The van der Waals surface area contributed by atoms with Crippen LogP contribution < -0.4 is 5.32 Å². The predicted octanol–water partition coefficient (Wildman–Crippen LogP) is 2.34. The molecule has 1 nitrogen and oxygen atoms in total. The van der Waals surface area contributed by atoms with Gasteiger partial charge in [-0.15, -0.1) is 6.58 Å². The summed E-state index contributed by atoms with van der Waals surface area (Å²) in [6.07, 6.45) is 7.35. The van der Waals surface area contributed by atoms with Crippen molar-refractivity contribution in [2.24, 2.45) is 5.92 Å². The molecule has 1 heteroatoms. The zero-order chi connectivity index (χ0) is 8.10. The van der Waals surface area contributed by atoms with Crippen LogP contribution in [0.3, 0.4) is 0 Å². The first-order chi connectivity index (χ1) is 5.36. The lowest BCUT2D eigenvalue weighted by molar-refractivity contribution is 0.461. The van der Waals surface area contributed by atoms with Crippen LogP contribution in [0.2, 0.25) is 0 Å². The van der Waals surface area contributed by atoms with E-state index >= 15 is 0 Å². The molecule has 0 amide bonds. The Hall–Kier alpha value is -0.300. The molecule has 0 radical (unpaired) electrons. The summed E-state index contributed by atoms with van der Waals surface area (Å²) in [5, 5.41) is 3.51. The first kappa shape index (κ1) is 8.79. The van der Waals surface area contributed by atoms with Gasteiger partial charge in [-0.05, 0) is 38.1 Å². The van der Waals surface area contributed by atoms with E-state index in [1.807, 2.05) is 0 Å². The van der Waals surface area contributed by atoms with E-state index in [9.17, 15) is 0 Å². The molecule has 64 valence electrons. The van der Waals surface area contributed by atoms with Crippen LogP contribution in [0.5, 0.6) is 0 Å². The zero-order valence-corrected chi connectivity index (χ0v) is 7.47. The van der Waals surface area contributed by atoms with Gasteiger partial charge >= 0.3 is 0 Å². The molecule has 1 aliphatic rings. The number of hydrogen-bond acceptors (Lipinski definition) is 1. The van der Waals surface area contributed by atoms with Gasteiger partial charge in [-0.1, -0.05) is 13.0 Å². The molecule has 11 heavy (non-hydrogen) atoms. The highest BCUT2D eigenvalue weighted by atomic mass is 14.9. The van der Waals surface area contributed by atoms with Crippen LogP contribution in [-0.4, -0.2) is 12.6 Å². The van der Waals surface area contributed by atoms with E-state index in [1.165, 1.54) is 32.2 Å². The van der Waals surface area contributed by atoms with Gasteiger partial charge in [0, 0.05) is 6.04 Å². The van der Waals surface area contributed by atoms with Crippen molar-refractivity contribution in [2.75, 3.05) is 6.54 Å². The lowest BCUT2D eigenvalue weighted by Crippen LogP contribution is -2.23. The van der Waals surface area contributed by atoms with Gasteiger partial charge < -0.3 is 5.32 Å². The van der Waals surface area contributed by atoms with Crippen molar-refractivity contribution in [3.05, 3.63) is 12.7 Å². The van der Waals surface area contributed by atoms with Crippen LogP contribution in [0.1, 0.15) is 32.6 Å². The highest BCUT2D eigenvalue weighted by molar-refractivity contribution is 4.84. The summed E-state index contributed by atoms with van der Waals surface area (Å²) in [7, 11) is 0. The fourth-order valence-corrected chi connectivity index (χ4v) is 1.75. The molecule has 1 aliphatic heterocycles. The third kappa shape index (κ3) is 2.66. The van der Waals surface area contributed by atoms with E-state index in [-0.39, 0.29) is 0 Å². The van der Waals surface area contributed by atoms with Crippen molar-refractivity contribution in [3.63, 3.8) is 0 Å². The van der Waals surface area contributed by atoms with Gasteiger partial charge in [0.05, 0.1) is 0 Å². The summed E-state index contributed by atoms with van der Waals surface area (Å²) in [5.41, 5.74) is 0. The molecule has 1 N–H and O–H groups in total. The number of allylic oxidation sites excluding steroid dienone is 1. The minimum atomic E-state index is 0.727. The summed E-state index contributed by atoms with van der Waals surface area (Å²) in [5.74, 6) is 0.727. The third-order valence-electron chi connectivity index (χ3n) is 2.61. The number of rotatable bonds is 4. The van der Waals surface area contributed by atoms with Crippen molar-refractivity contribution in [2.45, 2.75) is 38.6 Å². The second-order valence-corrected chi connectivity index (χ2v) is 3.43. The molecule has 0 aromatic carbocycles. The van der Waals surface area contributed by atoms with Crippen molar-refractivity contribution < 1.29 is 0 Å². The van der Waals surface area contributed by atoms with Crippen LogP contribution in [0.25, 0.3) is 0 Å². The molecule has 1 fully saturated rings. The Kier molecular flexibility index (Phi) is 3.64. The van der Waals surface area contributed by atoms with Crippen LogP contribution in [0.15, 0.2) is 12.7 Å². The Morgan fingerprint density at radius 2 is 2.55 bits per heavy atom. The lowest BCUT2D eigenvalue weighted by atomic mass is 9.97. The maximum Gasteiger partial charge on any atom is 0.00731 e. The van der Waals surface area contributed by atoms with Crippen molar-refractivity contribution in [1.82, 2.24) is 5.32 Å². The van der Waals surface area contributed by atoms with Crippen molar-refractivity contribution >= 4 is 0 Å². The smallest absolute Gasteiger partial charge is 0.00731 e.